The molecule has 0 amide bonds. The predicted octanol–water partition coefficient (Wildman–Crippen LogP) is 4.37. The molecule has 0 aliphatic heterocycles. The first kappa shape index (κ1) is 15.4. The molecule has 0 aliphatic rings. The van der Waals surface area contributed by atoms with Gasteiger partial charge in [0.25, 0.3) is 0 Å². The van der Waals surface area contributed by atoms with Gasteiger partial charge in [-0.3, -0.25) is 0 Å². The normalized spacial score (nSPS) is 11.6. The van der Waals surface area contributed by atoms with Gasteiger partial charge in [-0.2, -0.15) is 13.2 Å². The molecule has 1 aromatic carbocycles. The molecule has 0 aromatic heterocycles. The van der Waals surface area contributed by atoms with Crippen molar-refractivity contribution < 1.29 is 17.9 Å². The number of anilines is 1. The third kappa shape index (κ3) is 6.33. The monoisotopic (exact) mass is 301 g/mol. The second-order valence-electron chi connectivity index (χ2n) is 3.57. The van der Waals surface area contributed by atoms with Crippen LogP contribution in [0.15, 0.2) is 18.2 Å². The lowest BCUT2D eigenvalue weighted by atomic mass is 10.3. The molecule has 7 heteroatoms. The number of ether oxygens (including phenoxy) is 1. The fourth-order valence-corrected chi connectivity index (χ4v) is 1.69. The molecule has 0 bridgehead atoms. The average molecular weight is 302 g/mol. The Morgan fingerprint density at radius 1 is 1.22 bits per heavy atom. The van der Waals surface area contributed by atoms with E-state index in [0.29, 0.717) is 28.7 Å². The number of nitrogens with one attached hydrogen (secondary N) is 1. The van der Waals surface area contributed by atoms with Crippen molar-refractivity contribution in [1.29, 1.82) is 0 Å². The predicted molar refractivity (Wildman–Crippen MR) is 66.4 cm³/mol. The minimum atomic E-state index is -4.27. The highest BCUT2D eigenvalue weighted by Crippen LogP contribution is 2.25. The first-order chi connectivity index (χ1) is 8.38. The molecule has 0 saturated carbocycles. The van der Waals surface area contributed by atoms with E-state index in [1.54, 1.807) is 18.2 Å². The van der Waals surface area contributed by atoms with Crippen LogP contribution in [0.25, 0.3) is 0 Å². The molecule has 102 valence electrons. The van der Waals surface area contributed by atoms with Crippen LogP contribution in [0, 0.1) is 0 Å². The molecule has 0 aliphatic carbocycles. The minimum absolute atomic E-state index is 0.0394. The van der Waals surface area contributed by atoms with Crippen molar-refractivity contribution in [2.24, 2.45) is 0 Å². The van der Waals surface area contributed by atoms with Crippen molar-refractivity contribution in [2.75, 3.05) is 25.1 Å². The Balaban J connectivity index is 2.18. The van der Waals surface area contributed by atoms with E-state index in [4.69, 9.17) is 23.2 Å². The Bertz CT molecular complexity index is 385. The Labute approximate surface area is 113 Å². The number of rotatable bonds is 6. The van der Waals surface area contributed by atoms with Gasteiger partial charge in [0.1, 0.15) is 6.61 Å². The van der Waals surface area contributed by atoms with Crippen LogP contribution in [0.5, 0.6) is 0 Å². The molecule has 2 nitrogen and oxygen atoms in total. The molecule has 18 heavy (non-hydrogen) atoms. The van der Waals surface area contributed by atoms with Gasteiger partial charge in [0, 0.05) is 18.2 Å². The van der Waals surface area contributed by atoms with Crippen LogP contribution in [0.4, 0.5) is 18.9 Å². The van der Waals surface area contributed by atoms with Crippen LogP contribution in [0.2, 0.25) is 10.0 Å². The standard InChI is InChI=1S/C11H12Cl2F3NO/c12-8-2-3-10(9(13)6-8)17-4-1-5-18-7-11(14,15)16/h2-3,6,17H,1,4-5,7H2. The molecule has 0 heterocycles. The maximum absolute atomic E-state index is 11.7. The Morgan fingerprint density at radius 2 is 1.94 bits per heavy atom. The van der Waals surface area contributed by atoms with E-state index < -0.39 is 12.8 Å². The Morgan fingerprint density at radius 3 is 2.56 bits per heavy atom. The van der Waals surface area contributed by atoms with E-state index in [-0.39, 0.29) is 6.61 Å². The number of benzene rings is 1. The van der Waals surface area contributed by atoms with Crippen molar-refractivity contribution in [3.05, 3.63) is 28.2 Å². The molecule has 0 fully saturated rings. The highest BCUT2D eigenvalue weighted by atomic mass is 35.5. The molecule has 1 N–H and O–H groups in total. The molecule has 0 saturated heterocycles. The maximum Gasteiger partial charge on any atom is 0.411 e. The summed E-state index contributed by atoms with van der Waals surface area (Å²) in [7, 11) is 0. The lowest BCUT2D eigenvalue weighted by Gasteiger charge is -2.10. The second-order valence-corrected chi connectivity index (χ2v) is 4.42. The van der Waals surface area contributed by atoms with Crippen LogP contribution in [-0.4, -0.2) is 25.9 Å². The minimum Gasteiger partial charge on any atom is -0.384 e. The van der Waals surface area contributed by atoms with Gasteiger partial charge in [-0.25, -0.2) is 0 Å². The fraction of sp³-hybridized carbons (Fsp3) is 0.455. The van der Waals surface area contributed by atoms with Gasteiger partial charge in [0.15, 0.2) is 0 Å². The Kier molecular flexibility index (Phi) is 6.05. The molecule has 0 spiro atoms. The summed E-state index contributed by atoms with van der Waals surface area (Å²) >= 11 is 11.6. The van der Waals surface area contributed by atoms with E-state index in [1.807, 2.05) is 0 Å². The topological polar surface area (TPSA) is 21.3 Å². The Hall–Kier alpha value is -0.650. The van der Waals surface area contributed by atoms with Gasteiger partial charge in [-0.05, 0) is 24.6 Å². The average Bonchev–Trinajstić information content (AvgIpc) is 2.24. The highest BCUT2D eigenvalue weighted by Gasteiger charge is 2.27. The molecule has 1 aromatic rings. The summed E-state index contributed by atoms with van der Waals surface area (Å²) in [6.45, 7) is -0.703. The van der Waals surface area contributed by atoms with Gasteiger partial charge in [0.2, 0.25) is 0 Å². The lowest BCUT2D eigenvalue weighted by molar-refractivity contribution is -0.173. The van der Waals surface area contributed by atoms with E-state index >= 15 is 0 Å². The zero-order valence-electron chi connectivity index (χ0n) is 9.36. The zero-order valence-corrected chi connectivity index (χ0v) is 10.9. The van der Waals surface area contributed by atoms with E-state index in [2.05, 4.69) is 10.1 Å². The van der Waals surface area contributed by atoms with Gasteiger partial charge < -0.3 is 10.1 Å². The molecule has 0 atom stereocenters. The van der Waals surface area contributed by atoms with Crippen LogP contribution in [0.1, 0.15) is 6.42 Å². The zero-order chi connectivity index (χ0) is 13.6. The van der Waals surface area contributed by atoms with Crippen LogP contribution in [0.3, 0.4) is 0 Å². The molecular weight excluding hydrogens is 290 g/mol. The second kappa shape index (κ2) is 7.07. The van der Waals surface area contributed by atoms with Crippen LogP contribution >= 0.6 is 23.2 Å². The quantitative estimate of drug-likeness (QED) is 0.788. The number of hydrogen-bond acceptors (Lipinski definition) is 2. The van der Waals surface area contributed by atoms with Gasteiger partial charge >= 0.3 is 6.18 Å². The first-order valence-corrected chi connectivity index (χ1v) is 5.97. The smallest absolute Gasteiger partial charge is 0.384 e. The van der Waals surface area contributed by atoms with Crippen LogP contribution < -0.4 is 5.32 Å². The summed E-state index contributed by atoms with van der Waals surface area (Å²) in [5.41, 5.74) is 0.692. The SMILES string of the molecule is FC(F)(F)COCCCNc1ccc(Cl)cc1Cl. The summed E-state index contributed by atoms with van der Waals surface area (Å²) in [5, 5.41) is 3.98. The van der Waals surface area contributed by atoms with E-state index in [1.165, 1.54) is 0 Å². The van der Waals surface area contributed by atoms with Crippen LogP contribution in [-0.2, 0) is 4.74 Å². The van der Waals surface area contributed by atoms with E-state index in [0.717, 1.165) is 0 Å². The third-order valence-electron chi connectivity index (χ3n) is 1.98. The third-order valence-corrected chi connectivity index (χ3v) is 2.53. The summed E-state index contributed by atoms with van der Waals surface area (Å²) in [6, 6.07) is 4.97. The summed E-state index contributed by atoms with van der Waals surface area (Å²) in [5.74, 6) is 0. The fourth-order valence-electron chi connectivity index (χ4n) is 1.22. The molecule has 0 unspecified atom stereocenters. The van der Waals surface area contributed by atoms with Crippen molar-refractivity contribution in [1.82, 2.24) is 0 Å². The van der Waals surface area contributed by atoms with Gasteiger partial charge in [0.05, 0.1) is 10.7 Å². The largest absolute Gasteiger partial charge is 0.411 e. The molecule has 0 radical (unpaired) electrons. The molecule has 1 rings (SSSR count). The first-order valence-electron chi connectivity index (χ1n) is 5.22. The van der Waals surface area contributed by atoms with Crippen molar-refractivity contribution in [3.8, 4) is 0 Å². The van der Waals surface area contributed by atoms with Crippen molar-refractivity contribution >= 4 is 28.9 Å². The number of halogens is 5. The number of alkyl halides is 3. The van der Waals surface area contributed by atoms with Crippen molar-refractivity contribution in [3.63, 3.8) is 0 Å². The highest BCUT2D eigenvalue weighted by molar-refractivity contribution is 6.36. The summed E-state index contributed by atoms with van der Waals surface area (Å²) in [4.78, 5) is 0. The molecular formula is C11H12Cl2F3NO. The summed E-state index contributed by atoms with van der Waals surface area (Å²) < 4.78 is 39.7. The number of hydrogen-bond donors (Lipinski definition) is 1. The lowest BCUT2D eigenvalue weighted by Crippen LogP contribution is -2.18. The van der Waals surface area contributed by atoms with Crippen molar-refractivity contribution in [2.45, 2.75) is 12.6 Å². The maximum atomic E-state index is 11.7. The summed E-state index contributed by atoms with van der Waals surface area (Å²) in [6.07, 6.45) is -3.82. The van der Waals surface area contributed by atoms with Gasteiger partial charge in [-0.1, -0.05) is 23.2 Å². The van der Waals surface area contributed by atoms with E-state index in [9.17, 15) is 13.2 Å². The van der Waals surface area contributed by atoms with Gasteiger partial charge in [-0.15, -0.1) is 0 Å².